The normalized spacial score (nSPS) is 22.8. The number of aromatic nitrogens is 2. The van der Waals surface area contributed by atoms with Crippen molar-refractivity contribution in [2.24, 2.45) is 0 Å². The molecule has 2 aliphatic heterocycles. The first-order chi connectivity index (χ1) is 18.8. The van der Waals surface area contributed by atoms with Crippen molar-refractivity contribution in [1.82, 2.24) is 14.9 Å². The van der Waals surface area contributed by atoms with E-state index in [-0.39, 0.29) is 34.7 Å². The number of carbonyl (C=O) groups is 1. The summed E-state index contributed by atoms with van der Waals surface area (Å²) in [6, 6.07) is 12.9. The van der Waals surface area contributed by atoms with Crippen molar-refractivity contribution < 1.29 is 27.1 Å². The number of carbonyl (C=O) groups excluding carboxylic acids is 1. The lowest BCUT2D eigenvalue weighted by Gasteiger charge is -2.48. The van der Waals surface area contributed by atoms with Gasteiger partial charge in [0.05, 0.1) is 46.7 Å². The number of nitrogens with zero attached hydrogens (tertiary/aromatic N) is 3. The van der Waals surface area contributed by atoms with Crippen LogP contribution in [0.5, 0.6) is 5.88 Å². The average molecular weight is 553 g/mol. The van der Waals surface area contributed by atoms with Gasteiger partial charge in [0.1, 0.15) is 24.1 Å². The second kappa shape index (κ2) is 10.2. The lowest BCUT2D eigenvalue weighted by atomic mass is 9.91. The van der Waals surface area contributed by atoms with Crippen molar-refractivity contribution in [3.05, 3.63) is 71.8 Å². The van der Waals surface area contributed by atoms with Crippen LogP contribution in [-0.4, -0.2) is 65.8 Å². The van der Waals surface area contributed by atoms with E-state index in [1.54, 1.807) is 6.92 Å². The second-order valence-corrected chi connectivity index (χ2v) is 12.5. The molecule has 2 atom stereocenters. The number of sulfone groups is 1. The number of hydrogen-bond donors (Lipinski definition) is 1. The molecule has 6 rings (SSSR count). The maximum Gasteiger partial charge on any atom is 0.254 e. The molecule has 3 aromatic rings. The molecule has 3 heterocycles. The topological polar surface area (TPSA) is 111 Å². The third-order valence-electron chi connectivity index (χ3n) is 7.53. The summed E-state index contributed by atoms with van der Waals surface area (Å²) in [5.74, 6) is 0.0418. The minimum absolute atomic E-state index is 0.00460. The van der Waals surface area contributed by atoms with Crippen LogP contribution in [0.3, 0.4) is 0 Å². The van der Waals surface area contributed by atoms with E-state index in [2.05, 4.69) is 15.3 Å². The van der Waals surface area contributed by atoms with Crippen molar-refractivity contribution in [2.45, 2.75) is 60.9 Å². The van der Waals surface area contributed by atoms with Gasteiger partial charge in [0, 0.05) is 18.4 Å². The number of rotatable bonds is 7. The molecule has 39 heavy (non-hydrogen) atoms. The van der Waals surface area contributed by atoms with E-state index in [1.165, 1.54) is 18.5 Å². The maximum absolute atomic E-state index is 14.9. The van der Waals surface area contributed by atoms with Crippen LogP contribution >= 0.6 is 0 Å². The molecule has 2 bridgehead atoms. The van der Waals surface area contributed by atoms with Crippen LogP contribution in [0.15, 0.2) is 59.8 Å². The Hall–Kier alpha value is -3.57. The third kappa shape index (κ3) is 5.08. The number of halogens is 1. The molecule has 2 aromatic carbocycles. The highest BCUT2D eigenvalue weighted by molar-refractivity contribution is 7.92. The zero-order chi connectivity index (χ0) is 27.1. The average Bonchev–Trinajstić information content (AvgIpc) is 3.78. The number of hydrogen-bond acceptors (Lipinski definition) is 8. The van der Waals surface area contributed by atoms with Crippen LogP contribution in [0.1, 0.15) is 41.6 Å². The zero-order valence-electron chi connectivity index (χ0n) is 21.4. The minimum atomic E-state index is -3.49. The van der Waals surface area contributed by atoms with E-state index in [0.717, 1.165) is 6.07 Å². The molecule has 3 aliphatic rings. The SMILES string of the molecule is Cc1c(Nc2ccc(S(=O)(=O)C3CC3)cc2F)ncnc1OC1CC2COCC(C1)N2C(=O)c1ccccc1. The summed E-state index contributed by atoms with van der Waals surface area (Å²) in [6.07, 6.45) is 3.56. The molecule has 1 aliphatic carbocycles. The smallest absolute Gasteiger partial charge is 0.254 e. The van der Waals surface area contributed by atoms with Gasteiger partial charge in [-0.1, -0.05) is 18.2 Å². The fourth-order valence-corrected chi connectivity index (χ4v) is 7.00. The van der Waals surface area contributed by atoms with Gasteiger partial charge in [-0.05, 0) is 50.1 Å². The highest BCUT2D eigenvalue weighted by Crippen LogP contribution is 2.36. The summed E-state index contributed by atoms with van der Waals surface area (Å²) in [4.78, 5) is 23.7. The van der Waals surface area contributed by atoms with E-state index in [1.807, 2.05) is 35.2 Å². The Labute approximate surface area is 226 Å². The van der Waals surface area contributed by atoms with E-state index in [0.29, 0.717) is 61.7 Å². The Bertz CT molecular complexity index is 1490. The Morgan fingerprint density at radius 3 is 2.46 bits per heavy atom. The van der Waals surface area contributed by atoms with Crippen LogP contribution in [0.25, 0.3) is 0 Å². The third-order valence-corrected chi connectivity index (χ3v) is 9.79. The molecule has 204 valence electrons. The predicted molar refractivity (Wildman–Crippen MR) is 141 cm³/mol. The molecule has 1 saturated carbocycles. The van der Waals surface area contributed by atoms with Crippen LogP contribution in [0.2, 0.25) is 0 Å². The summed E-state index contributed by atoms with van der Waals surface area (Å²) < 4.78 is 51.8. The first-order valence-electron chi connectivity index (χ1n) is 13.1. The molecule has 1 N–H and O–H groups in total. The van der Waals surface area contributed by atoms with Crippen LogP contribution in [0.4, 0.5) is 15.9 Å². The fourth-order valence-electron chi connectivity index (χ4n) is 5.33. The number of fused-ring (bicyclic) bond motifs is 2. The Kier molecular flexibility index (Phi) is 6.72. The Balaban J connectivity index is 1.16. The van der Waals surface area contributed by atoms with Crippen molar-refractivity contribution in [2.75, 3.05) is 18.5 Å². The molecule has 0 radical (unpaired) electrons. The summed E-state index contributed by atoms with van der Waals surface area (Å²) in [6.45, 7) is 2.66. The first kappa shape index (κ1) is 25.7. The highest BCUT2D eigenvalue weighted by atomic mass is 32.2. The molecule has 2 unspecified atom stereocenters. The number of morpholine rings is 1. The number of piperidine rings is 1. The molecule has 1 aromatic heterocycles. The lowest BCUT2D eigenvalue weighted by molar-refractivity contribution is -0.0830. The van der Waals surface area contributed by atoms with E-state index in [9.17, 15) is 17.6 Å². The molecule has 2 saturated heterocycles. The summed E-state index contributed by atoms with van der Waals surface area (Å²) >= 11 is 0. The quantitative estimate of drug-likeness (QED) is 0.467. The van der Waals surface area contributed by atoms with E-state index >= 15 is 0 Å². The van der Waals surface area contributed by atoms with Gasteiger partial charge in [-0.2, -0.15) is 0 Å². The van der Waals surface area contributed by atoms with Gasteiger partial charge in [0.25, 0.3) is 5.91 Å². The number of nitrogens with one attached hydrogen (secondary N) is 1. The largest absolute Gasteiger partial charge is 0.474 e. The van der Waals surface area contributed by atoms with Gasteiger partial charge in [-0.25, -0.2) is 22.8 Å². The highest BCUT2D eigenvalue weighted by Gasteiger charge is 2.43. The number of amides is 1. The number of ether oxygens (including phenoxy) is 2. The monoisotopic (exact) mass is 552 g/mol. The van der Waals surface area contributed by atoms with Crippen molar-refractivity contribution in [3.8, 4) is 5.88 Å². The molecular weight excluding hydrogens is 523 g/mol. The Morgan fingerprint density at radius 1 is 1.08 bits per heavy atom. The zero-order valence-corrected chi connectivity index (χ0v) is 22.2. The summed E-state index contributed by atoms with van der Waals surface area (Å²) in [5.41, 5.74) is 1.36. The summed E-state index contributed by atoms with van der Waals surface area (Å²) in [5, 5.41) is 2.54. The van der Waals surface area contributed by atoms with Crippen LogP contribution in [0, 0.1) is 12.7 Å². The first-order valence-corrected chi connectivity index (χ1v) is 14.6. The standard InChI is InChI=1S/C28H29FN4O5S/c1-17-26(32-25-10-9-23(13-24(25)29)39(35,36)22-7-8-22)30-16-31-27(17)38-21-11-19-14-37-15-20(12-21)33(19)28(34)18-5-3-2-4-6-18/h2-6,9-10,13,16,19-22H,7-8,11-12,14-15H2,1H3,(H,30,31,32). The van der Waals surface area contributed by atoms with Gasteiger partial charge in [0.2, 0.25) is 5.88 Å². The van der Waals surface area contributed by atoms with Gasteiger partial charge in [-0.15, -0.1) is 0 Å². The van der Waals surface area contributed by atoms with Gasteiger partial charge >= 0.3 is 0 Å². The van der Waals surface area contributed by atoms with Crippen LogP contribution in [-0.2, 0) is 14.6 Å². The van der Waals surface area contributed by atoms with Crippen molar-refractivity contribution >= 4 is 27.2 Å². The van der Waals surface area contributed by atoms with E-state index in [4.69, 9.17) is 9.47 Å². The van der Waals surface area contributed by atoms with Crippen molar-refractivity contribution in [3.63, 3.8) is 0 Å². The van der Waals surface area contributed by atoms with Gasteiger partial charge in [-0.3, -0.25) is 4.79 Å². The fraction of sp³-hybridized carbons (Fsp3) is 0.393. The minimum Gasteiger partial charge on any atom is -0.474 e. The van der Waals surface area contributed by atoms with Gasteiger partial charge < -0.3 is 19.7 Å². The predicted octanol–water partition coefficient (Wildman–Crippen LogP) is 4.05. The molecule has 11 heteroatoms. The Morgan fingerprint density at radius 2 is 1.79 bits per heavy atom. The number of anilines is 2. The molecule has 1 amide bonds. The second-order valence-electron chi connectivity index (χ2n) is 10.3. The maximum atomic E-state index is 14.9. The molecule has 0 spiro atoms. The molecule has 9 nitrogen and oxygen atoms in total. The van der Waals surface area contributed by atoms with E-state index < -0.39 is 20.9 Å². The molecular formula is C28H29FN4O5S. The summed E-state index contributed by atoms with van der Waals surface area (Å²) in [7, 11) is -3.49. The van der Waals surface area contributed by atoms with Gasteiger partial charge in [0.15, 0.2) is 9.84 Å². The van der Waals surface area contributed by atoms with Crippen molar-refractivity contribution in [1.29, 1.82) is 0 Å². The lowest BCUT2D eigenvalue weighted by Crippen LogP contribution is -2.60. The number of benzene rings is 2. The molecule has 3 fully saturated rings. The van der Waals surface area contributed by atoms with Crippen LogP contribution < -0.4 is 10.1 Å².